The zero-order valence-corrected chi connectivity index (χ0v) is 10.9. The molecule has 0 saturated carbocycles. The number of hydrogen-bond acceptors (Lipinski definition) is 2. The highest BCUT2D eigenvalue weighted by Crippen LogP contribution is 2.27. The zero-order valence-electron chi connectivity index (χ0n) is 10.9. The van der Waals surface area contributed by atoms with E-state index in [-0.39, 0.29) is 0 Å². The number of aryl methyl sites for hydroxylation is 1. The highest BCUT2D eigenvalue weighted by atomic mass is 15.1. The summed E-state index contributed by atoms with van der Waals surface area (Å²) >= 11 is 0. The minimum Gasteiger partial charge on any atom is -0.345 e. The molecule has 0 unspecified atom stereocenters. The van der Waals surface area contributed by atoms with Gasteiger partial charge >= 0.3 is 0 Å². The van der Waals surface area contributed by atoms with Crippen molar-refractivity contribution in [1.82, 2.24) is 5.32 Å². The quantitative estimate of drug-likeness (QED) is 0.863. The number of hydrogen-bond donors (Lipinski definition) is 1. The molecular formula is C16H18N2. The van der Waals surface area contributed by atoms with Crippen LogP contribution in [0.4, 0.5) is 11.4 Å². The standard InChI is InChI=1S/C16H18N2/c1-12-3-6-15(7-4-12)18(2)16-8-5-13-10-17-11-14(13)9-16/h3-9,17H,10-11H2,1-2H3. The predicted octanol–water partition coefficient (Wildman–Crippen LogP) is 3.37. The van der Waals surface area contributed by atoms with Gasteiger partial charge in [-0.2, -0.15) is 0 Å². The molecule has 2 aromatic carbocycles. The van der Waals surface area contributed by atoms with E-state index in [1.54, 1.807) is 0 Å². The summed E-state index contributed by atoms with van der Waals surface area (Å²) in [7, 11) is 2.12. The minimum atomic E-state index is 0.991. The second kappa shape index (κ2) is 4.46. The van der Waals surface area contributed by atoms with E-state index in [9.17, 15) is 0 Å². The van der Waals surface area contributed by atoms with Crippen molar-refractivity contribution >= 4 is 11.4 Å². The third-order valence-electron chi connectivity index (χ3n) is 3.63. The average Bonchev–Trinajstić information content (AvgIpc) is 2.86. The van der Waals surface area contributed by atoms with Gasteiger partial charge in [0.05, 0.1) is 0 Å². The molecule has 0 radical (unpaired) electrons. The van der Waals surface area contributed by atoms with Crippen LogP contribution in [0.3, 0.4) is 0 Å². The summed E-state index contributed by atoms with van der Waals surface area (Å²) in [5.41, 5.74) is 6.63. The minimum absolute atomic E-state index is 0.991. The summed E-state index contributed by atoms with van der Waals surface area (Å²) in [6.07, 6.45) is 0. The van der Waals surface area contributed by atoms with E-state index < -0.39 is 0 Å². The molecule has 0 aliphatic carbocycles. The molecule has 1 heterocycles. The van der Waals surface area contributed by atoms with Crippen LogP contribution in [-0.2, 0) is 13.1 Å². The zero-order chi connectivity index (χ0) is 12.5. The van der Waals surface area contributed by atoms with Gasteiger partial charge in [0.2, 0.25) is 0 Å². The molecule has 2 heteroatoms. The van der Waals surface area contributed by atoms with E-state index in [4.69, 9.17) is 0 Å². The van der Waals surface area contributed by atoms with Crippen molar-refractivity contribution in [1.29, 1.82) is 0 Å². The Kier molecular flexibility index (Phi) is 2.80. The van der Waals surface area contributed by atoms with Crippen molar-refractivity contribution < 1.29 is 0 Å². The first-order chi connectivity index (χ1) is 8.74. The van der Waals surface area contributed by atoms with Crippen molar-refractivity contribution in [3.05, 3.63) is 59.2 Å². The Morgan fingerprint density at radius 1 is 0.889 bits per heavy atom. The van der Waals surface area contributed by atoms with Crippen LogP contribution in [-0.4, -0.2) is 7.05 Å². The predicted molar refractivity (Wildman–Crippen MR) is 76.2 cm³/mol. The van der Waals surface area contributed by atoms with E-state index >= 15 is 0 Å². The van der Waals surface area contributed by atoms with Crippen molar-refractivity contribution in [3.8, 4) is 0 Å². The van der Waals surface area contributed by atoms with Crippen LogP contribution < -0.4 is 10.2 Å². The van der Waals surface area contributed by atoms with Crippen LogP contribution in [0.1, 0.15) is 16.7 Å². The van der Waals surface area contributed by atoms with E-state index in [1.165, 1.54) is 28.1 Å². The number of benzene rings is 2. The smallest absolute Gasteiger partial charge is 0.0411 e. The summed E-state index contributed by atoms with van der Waals surface area (Å²) in [4.78, 5) is 2.23. The lowest BCUT2D eigenvalue weighted by Crippen LogP contribution is -2.09. The van der Waals surface area contributed by atoms with Crippen molar-refractivity contribution in [2.45, 2.75) is 20.0 Å². The molecule has 1 aliphatic heterocycles. The summed E-state index contributed by atoms with van der Waals surface area (Å²) < 4.78 is 0. The molecule has 18 heavy (non-hydrogen) atoms. The Bertz CT molecular complexity index is 558. The van der Waals surface area contributed by atoms with Crippen LogP contribution in [0.2, 0.25) is 0 Å². The van der Waals surface area contributed by atoms with Crippen LogP contribution in [0, 0.1) is 6.92 Å². The topological polar surface area (TPSA) is 15.3 Å². The van der Waals surface area contributed by atoms with Crippen molar-refractivity contribution in [3.63, 3.8) is 0 Å². The van der Waals surface area contributed by atoms with E-state index in [2.05, 4.69) is 66.7 Å². The van der Waals surface area contributed by atoms with E-state index in [0.717, 1.165) is 13.1 Å². The maximum absolute atomic E-state index is 3.38. The van der Waals surface area contributed by atoms with Gasteiger partial charge in [0, 0.05) is 31.5 Å². The fourth-order valence-electron chi connectivity index (χ4n) is 2.41. The summed E-state index contributed by atoms with van der Waals surface area (Å²) in [6, 6.07) is 15.4. The highest BCUT2D eigenvalue weighted by molar-refractivity contribution is 5.64. The molecule has 0 amide bonds. The van der Waals surface area contributed by atoms with Crippen LogP contribution in [0.15, 0.2) is 42.5 Å². The van der Waals surface area contributed by atoms with Gasteiger partial charge in [0.15, 0.2) is 0 Å². The number of anilines is 2. The Hall–Kier alpha value is -1.80. The average molecular weight is 238 g/mol. The molecular weight excluding hydrogens is 220 g/mol. The molecule has 2 nitrogen and oxygen atoms in total. The van der Waals surface area contributed by atoms with Gasteiger partial charge in [-0.15, -0.1) is 0 Å². The monoisotopic (exact) mass is 238 g/mol. The fourth-order valence-corrected chi connectivity index (χ4v) is 2.41. The van der Waals surface area contributed by atoms with Crippen LogP contribution >= 0.6 is 0 Å². The molecule has 1 aliphatic rings. The molecule has 1 N–H and O–H groups in total. The first-order valence-corrected chi connectivity index (χ1v) is 6.37. The third kappa shape index (κ3) is 2.00. The van der Waals surface area contributed by atoms with Gasteiger partial charge in [-0.05, 0) is 42.3 Å². The molecule has 92 valence electrons. The highest BCUT2D eigenvalue weighted by Gasteiger charge is 2.12. The number of fused-ring (bicyclic) bond motifs is 1. The molecule has 0 fully saturated rings. The number of rotatable bonds is 2. The molecule has 0 saturated heterocycles. The maximum Gasteiger partial charge on any atom is 0.0411 e. The van der Waals surface area contributed by atoms with Crippen molar-refractivity contribution in [2.24, 2.45) is 0 Å². The fraction of sp³-hybridized carbons (Fsp3) is 0.250. The van der Waals surface area contributed by atoms with Gasteiger partial charge in [0.1, 0.15) is 0 Å². The van der Waals surface area contributed by atoms with Gasteiger partial charge in [0.25, 0.3) is 0 Å². The maximum atomic E-state index is 3.38. The first-order valence-electron chi connectivity index (χ1n) is 6.37. The summed E-state index contributed by atoms with van der Waals surface area (Å²) in [5, 5.41) is 3.38. The van der Waals surface area contributed by atoms with E-state index in [0.29, 0.717) is 0 Å². The molecule has 0 spiro atoms. The van der Waals surface area contributed by atoms with Gasteiger partial charge in [-0.25, -0.2) is 0 Å². The third-order valence-corrected chi connectivity index (χ3v) is 3.63. The lowest BCUT2D eigenvalue weighted by Gasteiger charge is -2.20. The Balaban J connectivity index is 1.92. The van der Waals surface area contributed by atoms with Crippen molar-refractivity contribution in [2.75, 3.05) is 11.9 Å². The Morgan fingerprint density at radius 3 is 2.33 bits per heavy atom. The lowest BCUT2D eigenvalue weighted by molar-refractivity contribution is 0.765. The number of nitrogens with one attached hydrogen (secondary N) is 1. The number of nitrogens with zero attached hydrogens (tertiary/aromatic N) is 1. The SMILES string of the molecule is Cc1ccc(N(C)c2ccc3c(c2)CNC3)cc1. The summed E-state index contributed by atoms with van der Waals surface area (Å²) in [5.74, 6) is 0. The molecule has 0 atom stereocenters. The van der Waals surface area contributed by atoms with Crippen LogP contribution in [0.25, 0.3) is 0 Å². The van der Waals surface area contributed by atoms with Gasteiger partial charge in [-0.3, -0.25) is 0 Å². The largest absolute Gasteiger partial charge is 0.345 e. The van der Waals surface area contributed by atoms with Gasteiger partial charge in [-0.1, -0.05) is 23.8 Å². The van der Waals surface area contributed by atoms with Gasteiger partial charge < -0.3 is 10.2 Å². The lowest BCUT2D eigenvalue weighted by atomic mass is 10.1. The molecule has 2 aromatic rings. The van der Waals surface area contributed by atoms with Crippen LogP contribution in [0.5, 0.6) is 0 Å². The van der Waals surface area contributed by atoms with E-state index in [1.807, 2.05) is 0 Å². The second-order valence-electron chi connectivity index (χ2n) is 4.95. The molecule has 3 rings (SSSR count). The first kappa shape index (κ1) is 11.3. The molecule has 0 bridgehead atoms. The normalized spacial score (nSPS) is 13.4. The molecule has 0 aromatic heterocycles. The Morgan fingerprint density at radius 2 is 1.56 bits per heavy atom. The Labute approximate surface area is 108 Å². The second-order valence-corrected chi connectivity index (χ2v) is 4.95. The summed E-state index contributed by atoms with van der Waals surface area (Å²) in [6.45, 7) is 4.11.